The summed E-state index contributed by atoms with van der Waals surface area (Å²) in [6.07, 6.45) is 4.48. The summed E-state index contributed by atoms with van der Waals surface area (Å²) in [4.78, 5) is 11.7. The van der Waals surface area contributed by atoms with Gasteiger partial charge in [-0.05, 0) is 55.3 Å². The van der Waals surface area contributed by atoms with Gasteiger partial charge in [0.1, 0.15) is 0 Å². The molecular formula is C12H16ClNO2. The Hall–Kier alpha value is -0.960. The van der Waals surface area contributed by atoms with E-state index in [1.54, 1.807) is 12.1 Å². The van der Waals surface area contributed by atoms with E-state index in [1.807, 2.05) is 0 Å². The molecule has 1 aromatic heterocycles. The second-order valence-electron chi connectivity index (χ2n) is 4.53. The number of carbonyl (C=O) groups is 1. The van der Waals surface area contributed by atoms with Crippen LogP contribution in [0, 0.1) is 5.92 Å². The maximum atomic E-state index is 11.7. The van der Waals surface area contributed by atoms with Crippen LogP contribution in [0.15, 0.2) is 16.5 Å². The van der Waals surface area contributed by atoms with Crippen molar-refractivity contribution in [3.05, 3.63) is 23.1 Å². The van der Waals surface area contributed by atoms with Crippen molar-refractivity contribution in [2.45, 2.75) is 38.6 Å². The lowest BCUT2D eigenvalue weighted by Crippen LogP contribution is -2.37. The maximum absolute atomic E-state index is 11.7. The quantitative estimate of drug-likeness (QED) is 0.864. The predicted molar refractivity (Wildman–Crippen MR) is 62.6 cm³/mol. The molecule has 1 amide bonds. The molecule has 1 saturated carbocycles. The Balaban J connectivity index is 1.88. The standard InChI is InChI=1S/C12H16ClNO2/c1-8-2-4-9(5-3-8)14-12(15)10-6-7-11(13)16-10/h6-9H,2-5H2,1H3,(H,14,15). The van der Waals surface area contributed by atoms with E-state index in [1.165, 1.54) is 12.8 Å². The lowest BCUT2D eigenvalue weighted by molar-refractivity contribution is 0.0895. The average Bonchev–Trinajstić information content (AvgIpc) is 2.68. The van der Waals surface area contributed by atoms with E-state index in [2.05, 4.69) is 12.2 Å². The molecule has 1 aliphatic carbocycles. The minimum Gasteiger partial charge on any atom is -0.440 e. The molecule has 1 aromatic rings. The van der Waals surface area contributed by atoms with Crippen molar-refractivity contribution in [2.24, 2.45) is 5.92 Å². The van der Waals surface area contributed by atoms with Gasteiger partial charge in [0.05, 0.1) is 0 Å². The Kier molecular flexibility index (Phi) is 3.54. The fourth-order valence-electron chi connectivity index (χ4n) is 2.10. The lowest BCUT2D eigenvalue weighted by atomic mass is 9.87. The third-order valence-corrected chi connectivity index (χ3v) is 3.35. The third-order valence-electron chi connectivity index (χ3n) is 3.15. The molecule has 0 atom stereocenters. The molecule has 0 aliphatic heterocycles. The molecule has 0 aromatic carbocycles. The minimum atomic E-state index is -0.161. The highest BCUT2D eigenvalue weighted by Crippen LogP contribution is 2.23. The Bertz CT molecular complexity index is 367. The molecule has 1 N–H and O–H groups in total. The summed E-state index contributed by atoms with van der Waals surface area (Å²) >= 11 is 5.62. The predicted octanol–water partition coefficient (Wildman–Crippen LogP) is 3.24. The molecule has 1 aliphatic rings. The van der Waals surface area contributed by atoms with Gasteiger partial charge in [-0.2, -0.15) is 0 Å². The lowest BCUT2D eigenvalue weighted by Gasteiger charge is -2.26. The van der Waals surface area contributed by atoms with Crippen molar-refractivity contribution in [3.8, 4) is 0 Å². The highest BCUT2D eigenvalue weighted by molar-refractivity contribution is 6.29. The SMILES string of the molecule is CC1CCC(NC(=O)c2ccc(Cl)o2)CC1. The van der Waals surface area contributed by atoms with Crippen LogP contribution in [0.4, 0.5) is 0 Å². The van der Waals surface area contributed by atoms with E-state index >= 15 is 0 Å². The van der Waals surface area contributed by atoms with Crippen LogP contribution in [0.1, 0.15) is 43.2 Å². The minimum absolute atomic E-state index is 0.161. The summed E-state index contributed by atoms with van der Waals surface area (Å²) in [5, 5.41) is 3.23. The van der Waals surface area contributed by atoms with Crippen molar-refractivity contribution in [1.82, 2.24) is 5.32 Å². The van der Waals surface area contributed by atoms with Gasteiger partial charge in [0, 0.05) is 6.04 Å². The van der Waals surface area contributed by atoms with Crippen LogP contribution in [0.2, 0.25) is 5.22 Å². The van der Waals surface area contributed by atoms with Crippen LogP contribution in [0.3, 0.4) is 0 Å². The Labute approximate surface area is 100 Å². The van der Waals surface area contributed by atoms with Crippen LogP contribution in [0.25, 0.3) is 0 Å². The molecular weight excluding hydrogens is 226 g/mol. The van der Waals surface area contributed by atoms with Gasteiger partial charge >= 0.3 is 0 Å². The number of nitrogens with one attached hydrogen (secondary N) is 1. The van der Waals surface area contributed by atoms with Crippen molar-refractivity contribution >= 4 is 17.5 Å². The first-order chi connectivity index (χ1) is 7.65. The van der Waals surface area contributed by atoms with Gasteiger partial charge in [-0.3, -0.25) is 4.79 Å². The highest BCUT2D eigenvalue weighted by atomic mass is 35.5. The summed E-state index contributed by atoms with van der Waals surface area (Å²) in [6, 6.07) is 3.47. The number of hydrogen-bond donors (Lipinski definition) is 1. The molecule has 0 bridgehead atoms. The molecule has 16 heavy (non-hydrogen) atoms. The van der Waals surface area contributed by atoms with Crippen LogP contribution in [-0.4, -0.2) is 11.9 Å². The van der Waals surface area contributed by atoms with Gasteiger partial charge in [-0.15, -0.1) is 0 Å². The number of carbonyl (C=O) groups excluding carboxylic acids is 1. The Morgan fingerprint density at radius 2 is 2.06 bits per heavy atom. The van der Waals surface area contributed by atoms with E-state index in [9.17, 15) is 4.79 Å². The smallest absolute Gasteiger partial charge is 0.287 e. The molecule has 1 fully saturated rings. The number of amides is 1. The second kappa shape index (κ2) is 4.91. The van der Waals surface area contributed by atoms with Crippen molar-refractivity contribution in [1.29, 1.82) is 0 Å². The largest absolute Gasteiger partial charge is 0.440 e. The second-order valence-corrected chi connectivity index (χ2v) is 4.91. The summed E-state index contributed by atoms with van der Waals surface area (Å²) in [5.41, 5.74) is 0. The first-order valence-electron chi connectivity index (χ1n) is 5.71. The van der Waals surface area contributed by atoms with E-state index in [-0.39, 0.29) is 17.2 Å². The topological polar surface area (TPSA) is 42.2 Å². The average molecular weight is 242 g/mol. The van der Waals surface area contributed by atoms with Crippen molar-refractivity contribution in [2.75, 3.05) is 0 Å². The molecule has 4 heteroatoms. The van der Waals surface area contributed by atoms with Gasteiger partial charge < -0.3 is 9.73 Å². The fourth-order valence-corrected chi connectivity index (χ4v) is 2.24. The zero-order valence-corrected chi connectivity index (χ0v) is 10.1. The Morgan fingerprint density at radius 3 is 2.62 bits per heavy atom. The third kappa shape index (κ3) is 2.79. The van der Waals surface area contributed by atoms with Crippen LogP contribution in [0.5, 0.6) is 0 Å². The van der Waals surface area contributed by atoms with Gasteiger partial charge in [0.25, 0.3) is 5.91 Å². The molecule has 0 radical (unpaired) electrons. The monoisotopic (exact) mass is 241 g/mol. The summed E-state index contributed by atoms with van der Waals surface area (Å²) in [5.74, 6) is 0.918. The van der Waals surface area contributed by atoms with E-state index < -0.39 is 0 Å². The maximum Gasteiger partial charge on any atom is 0.287 e. The zero-order chi connectivity index (χ0) is 11.5. The summed E-state index contributed by atoms with van der Waals surface area (Å²) in [6.45, 7) is 2.25. The number of furan rings is 1. The number of hydrogen-bond acceptors (Lipinski definition) is 2. The van der Waals surface area contributed by atoms with Crippen molar-refractivity contribution < 1.29 is 9.21 Å². The normalized spacial score (nSPS) is 25.4. The Morgan fingerprint density at radius 1 is 1.38 bits per heavy atom. The fraction of sp³-hybridized carbons (Fsp3) is 0.583. The van der Waals surface area contributed by atoms with Crippen LogP contribution < -0.4 is 5.32 Å². The van der Waals surface area contributed by atoms with Gasteiger partial charge in [0.2, 0.25) is 0 Å². The zero-order valence-electron chi connectivity index (χ0n) is 9.33. The molecule has 0 unspecified atom stereocenters. The first-order valence-corrected chi connectivity index (χ1v) is 6.09. The highest BCUT2D eigenvalue weighted by Gasteiger charge is 2.21. The number of rotatable bonds is 2. The molecule has 3 nitrogen and oxygen atoms in total. The molecule has 1 heterocycles. The van der Waals surface area contributed by atoms with Crippen LogP contribution >= 0.6 is 11.6 Å². The summed E-state index contributed by atoms with van der Waals surface area (Å²) < 4.78 is 5.06. The van der Waals surface area contributed by atoms with Crippen molar-refractivity contribution in [3.63, 3.8) is 0 Å². The molecule has 0 saturated heterocycles. The van der Waals surface area contributed by atoms with Gasteiger partial charge in [-0.25, -0.2) is 0 Å². The molecule has 0 spiro atoms. The van der Waals surface area contributed by atoms with Gasteiger partial charge in [0.15, 0.2) is 11.0 Å². The molecule has 2 rings (SSSR count). The van der Waals surface area contributed by atoms with E-state index in [0.29, 0.717) is 5.76 Å². The van der Waals surface area contributed by atoms with Gasteiger partial charge in [-0.1, -0.05) is 6.92 Å². The van der Waals surface area contributed by atoms with E-state index in [0.717, 1.165) is 18.8 Å². The van der Waals surface area contributed by atoms with Crippen LogP contribution in [-0.2, 0) is 0 Å². The first kappa shape index (κ1) is 11.5. The molecule has 88 valence electrons. The summed E-state index contributed by atoms with van der Waals surface area (Å²) in [7, 11) is 0. The number of halogens is 1. The van der Waals surface area contributed by atoms with E-state index in [4.69, 9.17) is 16.0 Å².